The minimum Gasteiger partial charge on any atom is -0.286 e. The summed E-state index contributed by atoms with van der Waals surface area (Å²) in [6.07, 6.45) is 11.2. The van der Waals surface area contributed by atoms with Gasteiger partial charge in [-0.3, -0.25) is 9.59 Å². The topological polar surface area (TPSA) is 34.1 Å². The molecule has 2 nitrogen and oxygen atoms in total. The van der Waals surface area contributed by atoms with Crippen molar-refractivity contribution in [1.29, 1.82) is 0 Å². The molecule has 0 aromatic heterocycles. The number of carbonyl (C=O) groups is 2. The van der Waals surface area contributed by atoms with E-state index in [1.54, 1.807) is 12.2 Å². The van der Waals surface area contributed by atoms with Crippen molar-refractivity contribution in [3.8, 4) is 0 Å². The maximum atomic E-state index is 12.0. The van der Waals surface area contributed by atoms with E-state index in [-0.39, 0.29) is 0 Å². The maximum Gasteiger partial charge on any atom is 0.233 e. The van der Waals surface area contributed by atoms with Crippen LogP contribution in [0.2, 0.25) is 0 Å². The number of rotatable bonds is 0. The third-order valence-electron chi connectivity index (χ3n) is 3.07. The van der Waals surface area contributed by atoms with Crippen LogP contribution < -0.4 is 0 Å². The minimum absolute atomic E-state index is 0.425. The number of allylic oxidation sites excluding steroid dienone is 10. The largest absolute Gasteiger partial charge is 0.286 e. The number of carbonyl (C=O) groups excluding carboxylic acids is 2. The predicted molar refractivity (Wildman–Crippen MR) is 67.5 cm³/mol. The summed E-state index contributed by atoms with van der Waals surface area (Å²) in [4.78, 5) is 23.6. The molecule has 0 heterocycles. The molecule has 17 heavy (non-hydrogen) atoms. The second-order valence-corrected chi connectivity index (χ2v) is 4.25. The Kier molecular flexibility index (Phi) is 3.05. The Morgan fingerprint density at radius 2 is 1.65 bits per heavy atom. The molecule has 0 spiro atoms. The second-order valence-electron chi connectivity index (χ2n) is 4.25. The first-order valence-electron chi connectivity index (χ1n) is 5.62. The molecule has 0 N–H and O–H groups in total. The molecule has 2 rings (SSSR count). The normalized spacial score (nSPS) is 24.1. The summed E-state index contributed by atoms with van der Waals surface area (Å²) in [7, 11) is 0. The van der Waals surface area contributed by atoms with Crippen molar-refractivity contribution in [2.24, 2.45) is 0 Å². The average Bonchev–Trinajstić information content (AvgIpc) is 2.41. The van der Waals surface area contributed by atoms with Crippen molar-refractivity contribution in [1.82, 2.24) is 0 Å². The quantitative estimate of drug-likeness (QED) is 0.595. The number of Topliss-reactive ketones (excluding diaryl/α,β-unsaturated/α-hetero) is 1. The molecule has 2 heteroatoms. The van der Waals surface area contributed by atoms with Gasteiger partial charge in [0.25, 0.3) is 0 Å². The molecule has 0 aliphatic heterocycles. The summed E-state index contributed by atoms with van der Waals surface area (Å²) in [6.45, 7) is 3.94. The Labute approximate surface area is 101 Å². The van der Waals surface area contributed by atoms with Gasteiger partial charge in [0.15, 0.2) is 0 Å². The third-order valence-corrected chi connectivity index (χ3v) is 3.07. The maximum absolute atomic E-state index is 12.0. The van der Waals surface area contributed by atoms with Crippen LogP contribution in [0.1, 0.15) is 20.3 Å². The molecule has 0 radical (unpaired) electrons. The van der Waals surface area contributed by atoms with Gasteiger partial charge >= 0.3 is 0 Å². The molecule has 0 atom stereocenters. The van der Waals surface area contributed by atoms with Gasteiger partial charge in [0, 0.05) is 5.57 Å². The zero-order chi connectivity index (χ0) is 12.4. The highest BCUT2D eigenvalue weighted by atomic mass is 16.2. The number of ketones is 2. The van der Waals surface area contributed by atoms with Crippen LogP contribution in [0, 0.1) is 0 Å². The highest BCUT2D eigenvalue weighted by molar-refractivity contribution is 6.48. The van der Waals surface area contributed by atoms with E-state index in [9.17, 15) is 9.59 Å². The number of hydrogen-bond donors (Lipinski definition) is 0. The second kappa shape index (κ2) is 4.50. The number of hydrogen-bond acceptors (Lipinski definition) is 2. The first-order chi connectivity index (χ1) is 8.11. The molecule has 0 saturated carbocycles. The van der Waals surface area contributed by atoms with Gasteiger partial charge < -0.3 is 0 Å². The molecular formula is C15H14O2. The molecule has 0 saturated heterocycles. The van der Waals surface area contributed by atoms with Gasteiger partial charge in [-0.05, 0) is 37.5 Å². The van der Waals surface area contributed by atoms with Crippen molar-refractivity contribution in [3.63, 3.8) is 0 Å². The molecule has 0 aromatic rings. The van der Waals surface area contributed by atoms with Gasteiger partial charge in [-0.25, -0.2) is 0 Å². The lowest BCUT2D eigenvalue weighted by Gasteiger charge is -2.08. The fraction of sp³-hybridized carbons (Fsp3) is 0.200. The summed E-state index contributed by atoms with van der Waals surface area (Å²) in [5.74, 6) is -0.889. The van der Waals surface area contributed by atoms with Crippen LogP contribution in [0.5, 0.6) is 0 Å². The third kappa shape index (κ3) is 2.11. The first-order valence-corrected chi connectivity index (χ1v) is 5.62. The van der Waals surface area contributed by atoms with Crippen molar-refractivity contribution in [2.45, 2.75) is 20.3 Å². The zero-order valence-electron chi connectivity index (χ0n) is 9.99. The molecule has 2 bridgehead atoms. The van der Waals surface area contributed by atoms with E-state index in [1.165, 1.54) is 11.6 Å². The van der Waals surface area contributed by atoms with Crippen molar-refractivity contribution in [2.75, 3.05) is 0 Å². The van der Waals surface area contributed by atoms with Crippen LogP contribution in [0.3, 0.4) is 0 Å². The summed E-state index contributed by atoms with van der Waals surface area (Å²) >= 11 is 0. The first kappa shape index (κ1) is 11.5. The smallest absolute Gasteiger partial charge is 0.233 e. The molecular weight excluding hydrogens is 212 g/mol. The van der Waals surface area contributed by atoms with E-state index in [4.69, 9.17) is 0 Å². The lowest BCUT2D eigenvalue weighted by Crippen LogP contribution is -2.14. The van der Waals surface area contributed by atoms with Gasteiger partial charge in [0.05, 0.1) is 0 Å². The van der Waals surface area contributed by atoms with E-state index < -0.39 is 11.6 Å². The fourth-order valence-electron chi connectivity index (χ4n) is 2.07. The van der Waals surface area contributed by atoms with Gasteiger partial charge in [-0.1, -0.05) is 36.0 Å². The van der Waals surface area contributed by atoms with E-state index in [1.807, 2.05) is 32.1 Å². The van der Waals surface area contributed by atoms with E-state index >= 15 is 0 Å². The number of fused-ring (bicyclic) bond motifs is 1. The van der Waals surface area contributed by atoms with Gasteiger partial charge in [0.2, 0.25) is 11.6 Å². The van der Waals surface area contributed by atoms with Crippen LogP contribution in [-0.2, 0) is 9.59 Å². The van der Waals surface area contributed by atoms with Crippen LogP contribution in [-0.4, -0.2) is 11.6 Å². The summed E-state index contributed by atoms with van der Waals surface area (Å²) in [5, 5.41) is 0. The summed E-state index contributed by atoms with van der Waals surface area (Å²) in [6, 6.07) is 0. The standard InChI is InChI=1S/C15H14O2/c1-10-6-5-8-13-11(2)12(10)7-3-4-9-14(16)15(13)17/h3-5,7-9H,6H2,1-2H3/b7-3-,9-4+. The lowest BCUT2D eigenvalue weighted by atomic mass is 9.95. The summed E-state index contributed by atoms with van der Waals surface area (Å²) in [5.41, 5.74) is 3.66. The van der Waals surface area contributed by atoms with Gasteiger partial charge in [0.1, 0.15) is 0 Å². The van der Waals surface area contributed by atoms with E-state index in [0.29, 0.717) is 5.57 Å². The molecule has 0 unspecified atom stereocenters. The Bertz CT molecular complexity index is 537. The molecule has 0 fully saturated rings. The molecule has 86 valence electrons. The van der Waals surface area contributed by atoms with Crippen molar-refractivity contribution in [3.05, 3.63) is 58.7 Å². The van der Waals surface area contributed by atoms with E-state index in [2.05, 4.69) is 0 Å². The SMILES string of the molecule is CC1=C2/C=C\C=C\C(=O)C(=O)C(=C2C)C=CC1. The monoisotopic (exact) mass is 226 g/mol. The molecule has 0 aromatic carbocycles. The Balaban J connectivity index is 2.70. The van der Waals surface area contributed by atoms with Crippen LogP contribution in [0.4, 0.5) is 0 Å². The van der Waals surface area contributed by atoms with Crippen LogP contribution in [0.15, 0.2) is 58.7 Å². The minimum atomic E-state index is -0.463. The zero-order valence-corrected chi connectivity index (χ0v) is 9.99. The molecule has 0 amide bonds. The van der Waals surface area contributed by atoms with Gasteiger partial charge in [-0.2, -0.15) is 0 Å². The van der Waals surface area contributed by atoms with Gasteiger partial charge in [-0.15, -0.1) is 0 Å². The van der Waals surface area contributed by atoms with Crippen molar-refractivity contribution >= 4 is 11.6 Å². The fourth-order valence-corrected chi connectivity index (χ4v) is 2.07. The Morgan fingerprint density at radius 3 is 2.41 bits per heavy atom. The highest BCUT2D eigenvalue weighted by Gasteiger charge is 2.20. The van der Waals surface area contributed by atoms with Crippen molar-refractivity contribution < 1.29 is 9.59 Å². The Morgan fingerprint density at radius 1 is 0.941 bits per heavy atom. The van der Waals surface area contributed by atoms with E-state index in [0.717, 1.165) is 17.6 Å². The average molecular weight is 226 g/mol. The lowest BCUT2D eigenvalue weighted by molar-refractivity contribution is -0.131. The van der Waals surface area contributed by atoms with Crippen LogP contribution >= 0.6 is 0 Å². The highest BCUT2D eigenvalue weighted by Crippen LogP contribution is 2.27. The van der Waals surface area contributed by atoms with Crippen LogP contribution in [0.25, 0.3) is 0 Å². The Hall–Kier alpha value is -1.96. The predicted octanol–water partition coefficient (Wildman–Crippen LogP) is 2.84. The summed E-state index contributed by atoms with van der Waals surface area (Å²) < 4.78 is 0. The molecule has 2 aliphatic carbocycles. The molecule has 2 aliphatic rings.